The molecule has 5 aromatic rings. The molecule has 1 unspecified atom stereocenters. The topological polar surface area (TPSA) is 148 Å². The Labute approximate surface area is 373 Å². The van der Waals surface area contributed by atoms with Crippen LogP contribution in [0.25, 0.3) is 11.0 Å². The average molecular weight is 871 g/mol. The number of aryl methyl sites for hydroxylation is 1. The Morgan fingerprint density at radius 2 is 1.70 bits per heavy atom. The molecule has 0 spiro atoms. The minimum absolute atomic E-state index is 0.0242. The number of halogens is 1. The highest BCUT2D eigenvalue weighted by Crippen LogP contribution is 2.41. The van der Waals surface area contributed by atoms with Gasteiger partial charge in [-0.15, -0.1) is 10.2 Å². The summed E-state index contributed by atoms with van der Waals surface area (Å²) in [4.78, 5) is 35.4. The zero-order valence-corrected chi connectivity index (χ0v) is 36.8. The lowest BCUT2D eigenvalue weighted by molar-refractivity contribution is -0.0477. The van der Waals surface area contributed by atoms with Crippen LogP contribution in [-0.4, -0.2) is 82.3 Å². The van der Waals surface area contributed by atoms with E-state index in [1.54, 1.807) is 29.2 Å². The highest BCUT2D eigenvalue weighted by Gasteiger charge is 2.35. The molecule has 3 atom stereocenters. The smallest absolute Gasteiger partial charge is 0.414 e. The molecule has 1 N–H and O–H groups in total. The molecule has 4 heterocycles. The van der Waals surface area contributed by atoms with Crippen molar-refractivity contribution in [2.45, 2.75) is 127 Å². The molecule has 2 saturated carbocycles. The van der Waals surface area contributed by atoms with Crippen LogP contribution in [-0.2, 0) is 22.3 Å². The van der Waals surface area contributed by atoms with Gasteiger partial charge in [0.15, 0.2) is 11.5 Å². The molecule has 63 heavy (non-hydrogen) atoms. The Morgan fingerprint density at radius 1 is 0.889 bits per heavy atom. The Kier molecular flexibility index (Phi) is 12.8. The Bertz CT molecular complexity index is 2460. The van der Waals surface area contributed by atoms with Crippen molar-refractivity contribution < 1.29 is 23.8 Å². The molecule has 14 heteroatoms. The maximum Gasteiger partial charge on any atom is 0.414 e. The highest BCUT2D eigenvalue weighted by molar-refractivity contribution is 6.31. The van der Waals surface area contributed by atoms with Crippen molar-refractivity contribution in [2.24, 2.45) is 0 Å². The van der Waals surface area contributed by atoms with E-state index in [9.17, 15) is 9.59 Å². The fourth-order valence-corrected chi connectivity index (χ4v) is 10.4. The summed E-state index contributed by atoms with van der Waals surface area (Å²) in [7, 11) is 1.45. The number of anilines is 2. The molecule has 4 aliphatic rings. The van der Waals surface area contributed by atoms with Crippen LogP contribution in [0.1, 0.15) is 117 Å². The number of carbonyl (C=O) groups excluding carboxylic acids is 2. The van der Waals surface area contributed by atoms with Gasteiger partial charge in [-0.3, -0.25) is 9.69 Å². The summed E-state index contributed by atoms with van der Waals surface area (Å²) in [6.07, 6.45) is 11.5. The number of nitriles is 1. The number of benzene rings is 3. The van der Waals surface area contributed by atoms with Crippen molar-refractivity contribution in [2.75, 3.05) is 30.0 Å². The van der Waals surface area contributed by atoms with Crippen LogP contribution < -0.4 is 19.9 Å². The minimum Gasteiger partial charge on any atom is -0.490 e. The molecule has 2 amide bonds. The third-order valence-corrected chi connectivity index (χ3v) is 13.8. The van der Waals surface area contributed by atoms with Crippen molar-refractivity contribution in [3.63, 3.8) is 0 Å². The van der Waals surface area contributed by atoms with Crippen molar-refractivity contribution in [1.82, 2.24) is 25.1 Å². The lowest BCUT2D eigenvalue weighted by Gasteiger charge is -2.37. The number of imidazole rings is 1. The van der Waals surface area contributed by atoms with E-state index >= 15 is 0 Å². The van der Waals surface area contributed by atoms with E-state index in [0.717, 1.165) is 130 Å². The van der Waals surface area contributed by atoms with Gasteiger partial charge in [0.1, 0.15) is 17.6 Å². The van der Waals surface area contributed by atoms with Crippen LogP contribution in [0.2, 0.25) is 5.02 Å². The lowest BCUT2D eigenvalue weighted by atomic mass is 9.91. The zero-order valence-electron chi connectivity index (χ0n) is 36.0. The molecular formula is C49H55ClN8O5. The number of nitrogens with one attached hydrogen (secondary N) is 1. The second-order valence-corrected chi connectivity index (χ2v) is 18.0. The molecule has 13 nitrogen and oxygen atoms in total. The van der Waals surface area contributed by atoms with Crippen molar-refractivity contribution in [1.29, 1.82) is 5.26 Å². The number of hydrogen-bond acceptors (Lipinski definition) is 10. The predicted octanol–water partition coefficient (Wildman–Crippen LogP) is 9.14. The summed E-state index contributed by atoms with van der Waals surface area (Å²) in [6, 6.07) is 26.0. The van der Waals surface area contributed by atoms with Crippen LogP contribution >= 0.6 is 11.6 Å². The largest absolute Gasteiger partial charge is 0.490 e. The number of nitrogens with zero attached hydrogens (tertiary/aromatic N) is 7. The quantitative estimate of drug-likeness (QED) is 0.144. The van der Waals surface area contributed by atoms with Gasteiger partial charge in [0.2, 0.25) is 0 Å². The van der Waals surface area contributed by atoms with E-state index in [0.29, 0.717) is 22.0 Å². The monoisotopic (exact) mass is 870 g/mol. The van der Waals surface area contributed by atoms with Crippen LogP contribution in [0.15, 0.2) is 72.8 Å². The fourth-order valence-electron chi connectivity index (χ4n) is 10.2. The SMILES string of the molecule is COC(=O)N1c2ccc3c(nc(Cc4ccccc4)n3[C@H]3CCCC(OC4CCN(c5ccc(C(=O)NC6CCC(Oc7ccc(C#N)c(Cl)c7)CC6)nn5)CC4)C3)c2CC[C@@H]1C. The maximum absolute atomic E-state index is 13.1. The average Bonchev–Trinajstić information content (AvgIpc) is 3.68. The molecule has 1 saturated heterocycles. The molecule has 2 aromatic heterocycles. The molecule has 0 radical (unpaired) electrons. The molecule has 2 aliphatic heterocycles. The Balaban J connectivity index is 0.792. The first kappa shape index (κ1) is 42.6. The minimum atomic E-state index is -0.331. The summed E-state index contributed by atoms with van der Waals surface area (Å²) in [5.41, 5.74) is 6.10. The van der Waals surface area contributed by atoms with E-state index < -0.39 is 0 Å². The number of carbonyl (C=O) groups is 2. The predicted molar refractivity (Wildman–Crippen MR) is 242 cm³/mol. The number of ether oxygens (including phenoxy) is 3. The van der Waals surface area contributed by atoms with E-state index in [1.165, 1.54) is 12.7 Å². The third kappa shape index (κ3) is 9.34. The number of amides is 2. The molecule has 3 aromatic carbocycles. The van der Waals surface area contributed by atoms with Gasteiger partial charge in [-0.1, -0.05) is 41.9 Å². The summed E-state index contributed by atoms with van der Waals surface area (Å²) in [5.74, 6) is 2.26. The zero-order chi connectivity index (χ0) is 43.5. The number of rotatable bonds is 10. The molecule has 2 aliphatic carbocycles. The van der Waals surface area contributed by atoms with Gasteiger partial charge in [-0.25, -0.2) is 9.78 Å². The number of piperidine rings is 1. The van der Waals surface area contributed by atoms with Crippen molar-refractivity contribution in [3.8, 4) is 11.8 Å². The van der Waals surface area contributed by atoms with Crippen molar-refractivity contribution in [3.05, 3.63) is 106 Å². The third-order valence-electron chi connectivity index (χ3n) is 13.5. The van der Waals surface area contributed by atoms with E-state index in [4.69, 9.17) is 36.1 Å². The number of fused-ring (bicyclic) bond motifs is 3. The normalized spacial score (nSPS) is 22.9. The summed E-state index contributed by atoms with van der Waals surface area (Å²) >= 11 is 6.18. The molecule has 9 rings (SSSR count). The summed E-state index contributed by atoms with van der Waals surface area (Å²) in [6.45, 7) is 3.69. The second-order valence-electron chi connectivity index (χ2n) is 17.6. The highest BCUT2D eigenvalue weighted by atomic mass is 35.5. The summed E-state index contributed by atoms with van der Waals surface area (Å²) in [5, 5.41) is 21.4. The van der Waals surface area contributed by atoms with Crippen LogP contribution in [0, 0.1) is 11.3 Å². The van der Waals surface area contributed by atoms with Gasteiger partial charge in [0.05, 0.1) is 52.7 Å². The molecule has 328 valence electrons. The van der Waals surface area contributed by atoms with E-state index in [-0.39, 0.29) is 48.4 Å². The fraction of sp³-hybridized carbons (Fsp3) is 0.469. The van der Waals surface area contributed by atoms with Gasteiger partial charge in [0.25, 0.3) is 5.91 Å². The van der Waals surface area contributed by atoms with Gasteiger partial charge < -0.3 is 29.0 Å². The maximum atomic E-state index is 13.1. The van der Waals surface area contributed by atoms with Crippen molar-refractivity contribution >= 4 is 46.1 Å². The molecule has 0 bridgehead atoms. The number of aromatic nitrogens is 4. The standard InChI is InChI=1S/C49H55ClN8O5/c1-31-11-18-40-43(57(31)49(60)61-2)20-21-44-47(40)53-46(27-32-7-4-3-5-8-32)58(44)35-9-6-10-38(28-35)63-37-23-25-56(26-24-37)45-22-19-42(54-55-45)48(59)52-34-13-16-36(17-14-34)62-39-15-12-33(30-51)41(50)29-39/h3-5,7-8,12,15,19-22,29,31,34-38H,6,9-11,13-14,16-18,23-28H2,1-2H3,(H,52,59)/t31-,34?,35-,36?,38?/m0/s1. The lowest BCUT2D eigenvalue weighted by Crippen LogP contribution is -2.42. The Hall–Kier alpha value is -5.71. The summed E-state index contributed by atoms with van der Waals surface area (Å²) < 4.78 is 20.7. The first-order valence-electron chi connectivity index (χ1n) is 22.6. The number of hydrogen-bond donors (Lipinski definition) is 1. The molecular weight excluding hydrogens is 816 g/mol. The number of methoxy groups -OCH3 is 1. The van der Waals surface area contributed by atoms with Gasteiger partial charge in [-0.05, 0) is 126 Å². The molecule has 3 fully saturated rings. The van der Waals surface area contributed by atoms with Crippen LogP contribution in [0.4, 0.5) is 16.3 Å². The van der Waals surface area contributed by atoms with Crippen LogP contribution in [0.5, 0.6) is 5.75 Å². The van der Waals surface area contributed by atoms with Gasteiger partial charge in [0, 0.05) is 49.3 Å². The van der Waals surface area contributed by atoms with Gasteiger partial charge in [-0.2, -0.15) is 5.26 Å². The van der Waals surface area contributed by atoms with E-state index in [1.807, 2.05) is 12.1 Å². The van der Waals surface area contributed by atoms with Gasteiger partial charge >= 0.3 is 6.09 Å². The first-order chi connectivity index (χ1) is 30.7. The second kappa shape index (κ2) is 19.0. The van der Waals surface area contributed by atoms with Crippen LogP contribution in [0.3, 0.4) is 0 Å². The Morgan fingerprint density at radius 3 is 2.43 bits per heavy atom. The first-order valence-corrected chi connectivity index (χ1v) is 23.0. The van der Waals surface area contributed by atoms with E-state index in [2.05, 4.69) is 74.4 Å².